The van der Waals surface area contributed by atoms with E-state index in [1.165, 1.54) is 0 Å². The minimum Gasteiger partial charge on any atom is -0.578 e. The molecule has 0 amide bonds. The van der Waals surface area contributed by atoms with Gasteiger partial charge in [-0.25, -0.2) is 0 Å². The van der Waals surface area contributed by atoms with E-state index in [2.05, 4.69) is 12.0 Å². The summed E-state index contributed by atoms with van der Waals surface area (Å²) < 4.78 is 9.89. The molecule has 0 aliphatic rings. The molecule has 0 aromatic carbocycles. The van der Waals surface area contributed by atoms with Crippen molar-refractivity contribution in [1.82, 2.24) is 5.09 Å². The molecular formula is C5H12NO2P. The third-order valence-corrected chi connectivity index (χ3v) is 1.50. The Morgan fingerprint density at radius 2 is 2.22 bits per heavy atom. The minimum atomic E-state index is -2.37. The summed E-state index contributed by atoms with van der Waals surface area (Å²) in [5, 5.41) is 2.33. The van der Waals surface area contributed by atoms with Crippen LogP contribution >= 0.6 is 8.18 Å². The van der Waals surface area contributed by atoms with Gasteiger partial charge in [0.15, 0.2) is 0 Å². The maximum absolute atomic E-state index is 9.89. The quantitative estimate of drug-likeness (QED) is 0.464. The number of hydrogen-bond acceptors (Lipinski definition) is 2. The number of nitrogens with one attached hydrogen (secondary N) is 1. The Kier molecular flexibility index (Phi) is 6.16. The van der Waals surface area contributed by atoms with E-state index in [1.54, 1.807) is 0 Å². The molecule has 0 radical (unpaired) electrons. The van der Waals surface area contributed by atoms with Crippen molar-refractivity contribution in [3.8, 4) is 0 Å². The summed E-state index contributed by atoms with van der Waals surface area (Å²) in [7, 11) is -2.37. The fourth-order valence-electron chi connectivity index (χ4n) is 0.545. The first-order valence-corrected chi connectivity index (χ1v) is 4.33. The lowest BCUT2D eigenvalue weighted by atomic mass is 10.3. The van der Waals surface area contributed by atoms with Crippen LogP contribution in [0.1, 0.15) is 26.2 Å². The van der Waals surface area contributed by atoms with Gasteiger partial charge in [-0.2, -0.15) is 0 Å². The summed E-state index contributed by atoms with van der Waals surface area (Å²) in [4.78, 5) is 9.89. The molecule has 1 unspecified atom stereocenters. The Bertz CT molecular complexity index is 87.0. The predicted molar refractivity (Wildman–Crippen MR) is 35.1 cm³/mol. The fraction of sp³-hybridized carbons (Fsp3) is 1.00. The Labute approximate surface area is 56.4 Å². The second-order valence-corrected chi connectivity index (χ2v) is 2.70. The molecule has 1 atom stereocenters. The molecule has 0 spiro atoms. The van der Waals surface area contributed by atoms with Crippen molar-refractivity contribution in [3.05, 3.63) is 0 Å². The van der Waals surface area contributed by atoms with E-state index in [4.69, 9.17) is 0 Å². The van der Waals surface area contributed by atoms with Gasteiger partial charge in [-0.15, -0.1) is 5.09 Å². The highest BCUT2D eigenvalue weighted by atomic mass is 31.1. The highest BCUT2D eigenvalue weighted by Gasteiger charge is 1.95. The van der Waals surface area contributed by atoms with Gasteiger partial charge >= 0.3 is 8.18 Å². The van der Waals surface area contributed by atoms with Gasteiger partial charge in [-0.05, 0) is 6.42 Å². The number of rotatable bonds is 5. The first-order valence-electron chi connectivity index (χ1n) is 3.15. The van der Waals surface area contributed by atoms with Crippen molar-refractivity contribution in [3.63, 3.8) is 0 Å². The van der Waals surface area contributed by atoms with Gasteiger partial charge in [0.25, 0.3) is 0 Å². The van der Waals surface area contributed by atoms with Crippen LogP contribution in [0.15, 0.2) is 0 Å². The normalized spacial score (nSPS) is 11.6. The second-order valence-electron chi connectivity index (χ2n) is 1.87. The zero-order valence-electron chi connectivity index (χ0n) is 5.59. The maximum Gasteiger partial charge on any atom is 0.408 e. The fourth-order valence-corrected chi connectivity index (χ4v) is 0.886. The molecule has 0 aromatic heterocycles. The van der Waals surface area contributed by atoms with E-state index in [0.717, 1.165) is 19.3 Å². The lowest BCUT2D eigenvalue weighted by Crippen LogP contribution is -2.10. The average molecular weight is 149 g/mol. The third-order valence-electron chi connectivity index (χ3n) is 1.02. The van der Waals surface area contributed by atoms with Crippen LogP contribution in [-0.4, -0.2) is 6.54 Å². The lowest BCUT2D eigenvalue weighted by Gasteiger charge is -1.92. The molecule has 0 saturated heterocycles. The molecule has 0 fully saturated rings. The lowest BCUT2D eigenvalue weighted by molar-refractivity contribution is -0.167. The zero-order chi connectivity index (χ0) is 7.11. The van der Waals surface area contributed by atoms with E-state index in [9.17, 15) is 9.46 Å². The van der Waals surface area contributed by atoms with Crippen molar-refractivity contribution >= 4 is 8.18 Å². The standard InChI is InChI=1S/C5H12NO2P/c1-2-3-4-5-6-9(7)8/h2-5H2,1H3,(H,6,7,8). The molecule has 54 valence electrons. The Hall–Kier alpha value is 0.0200. The number of hydrogen-bond donors (Lipinski definition) is 1. The highest BCUT2D eigenvalue weighted by Crippen LogP contribution is 1.99. The van der Waals surface area contributed by atoms with Crippen LogP contribution < -0.4 is 9.98 Å². The molecule has 0 aliphatic carbocycles. The van der Waals surface area contributed by atoms with E-state index in [1.807, 2.05) is 0 Å². The third kappa shape index (κ3) is 8.02. The summed E-state index contributed by atoms with van der Waals surface area (Å²) in [6.45, 7) is 2.67. The first-order chi connectivity index (χ1) is 4.27. The van der Waals surface area contributed by atoms with Gasteiger partial charge < -0.3 is 4.89 Å². The van der Waals surface area contributed by atoms with Crippen molar-refractivity contribution in [2.24, 2.45) is 0 Å². The van der Waals surface area contributed by atoms with Crippen molar-refractivity contribution in [1.29, 1.82) is 0 Å². The van der Waals surface area contributed by atoms with Crippen LogP contribution in [-0.2, 0) is 4.57 Å². The van der Waals surface area contributed by atoms with Crippen molar-refractivity contribution in [2.45, 2.75) is 26.2 Å². The van der Waals surface area contributed by atoms with Crippen LogP contribution in [0.2, 0.25) is 0 Å². The minimum absolute atomic E-state index is 0.590. The van der Waals surface area contributed by atoms with Crippen LogP contribution in [0.3, 0.4) is 0 Å². The molecule has 0 rings (SSSR count). The van der Waals surface area contributed by atoms with Crippen LogP contribution in [0, 0.1) is 0 Å². The Morgan fingerprint density at radius 1 is 1.56 bits per heavy atom. The van der Waals surface area contributed by atoms with Gasteiger partial charge in [0, 0.05) is 6.54 Å². The first kappa shape index (κ1) is 9.02. The summed E-state index contributed by atoms with van der Waals surface area (Å²) in [5.74, 6) is 0. The van der Waals surface area contributed by atoms with E-state index in [0.29, 0.717) is 6.54 Å². The van der Waals surface area contributed by atoms with Crippen molar-refractivity contribution < 1.29 is 9.46 Å². The molecule has 3 nitrogen and oxygen atoms in total. The molecule has 0 saturated carbocycles. The van der Waals surface area contributed by atoms with Gasteiger partial charge in [0.2, 0.25) is 0 Å². The Balaban J connectivity index is 2.83. The summed E-state index contributed by atoms with van der Waals surface area (Å²) in [6.07, 6.45) is 3.16. The molecule has 0 aliphatic heterocycles. The zero-order valence-corrected chi connectivity index (χ0v) is 6.49. The molecule has 1 N–H and O–H groups in total. The van der Waals surface area contributed by atoms with Gasteiger partial charge in [-0.3, -0.25) is 0 Å². The van der Waals surface area contributed by atoms with Crippen LogP contribution in [0.25, 0.3) is 0 Å². The predicted octanol–water partition coefficient (Wildman–Crippen LogP) is 0.784. The maximum atomic E-state index is 9.89. The summed E-state index contributed by atoms with van der Waals surface area (Å²) in [6, 6.07) is 0. The van der Waals surface area contributed by atoms with E-state index >= 15 is 0 Å². The summed E-state index contributed by atoms with van der Waals surface area (Å²) in [5.41, 5.74) is 0. The number of unbranched alkanes of at least 4 members (excludes halogenated alkanes) is 2. The monoisotopic (exact) mass is 149 g/mol. The van der Waals surface area contributed by atoms with Gasteiger partial charge in [0.05, 0.1) is 0 Å². The van der Waals surface area contributed by atoms with Gasteiger partial charge in [0.1, 0.15) is 0 Å². The average Bonchev–Trinajstić information content (AvgIpc) is 1.80. The highest BCUT2D eigenvalue weighted by molar-refractivity contribution is 7.33. The molecule has 4 heteroatoms. The van der Waals surface area contributed by atoms with Crippen LogP contribution in [0.5, 0.6) is 0 Å². The largest absolute Gasteiger partial charge is 0.578 e. The molecule has 0 bridgehead atoms. The molecule has 0 heterocycles. The summed E-state index contributed by atoms with van der Waals surface area (Å²) >= 11 is 0. The Morgan fingerprint density at radius 3 is 2.67 bits per heavy atom. The van der Waals surface area contributed by atoms with Gasteiger partial charge in [-0.1, -0.05) is 24.3 Å². The van der Waals surface area contributed by atoms with E-state index in [-0.39, 0.29) is 0 Å². The molecule has 0 aromatic rings. The van der Waals surface area contributed by atoms with E-state index < -0.39 is 8.18 Å². The smallest absolute Gasteiger partial charge is 0.408 e. The molecule has 9 heavy (non-hydrogen) atoms. The van der Waals surface area contributed by atoms with Crippen molar-refractivity contribution in [2.75, 3.05) is 6.54 Å². The second kappa shape index (κ2) is 6.14. The SMILES string of the molecule is CCCCCN[P+](=O)[O-]. The van der Waals surface area contributed by atoms with Crippen LogP contribution in [0.4, 0.5) is 0 Å². The topological polar surface area (TPSA) is 52.2 Å². The molecular weight excluding hydrogens is 137 g/mol.